The van der Waals surface area contributed by atoms with Crippen LogP contribution in [0.2, 0.25) is 0 Å². The van der Waals surface area contributed by atoms with Gasteiger partial charge in [-0.3, -0.25) is 9.20 Å². The molecular weight excluding hydrogens is 332 g/mol. The summed E-state index contributed by atoms with van der Waals surface area (Å²) in [4.78, 5) is 16.2. The number of azo groups is 1. The number of carbonyl (C=O) groups is 1. The number of aromatic hydroxyl groups is 1. The molecule has 0 saturated carbocycles. The molecule has 2 heterocycles. The van der Waals surface area contributed by atoms with Crippen LogP contribution < -0.4 is 0 Å². The summed E-state index contributed by atoms with van der Waals surface area (Å²) in [6.07, 6.45) is 1.67. The van der Waals surface area contributed by atoms with Crippen molar-refractivity contribution in [1.82, 2.24) is 9.38 Å². The number of benzene rings is 1. The standard InChI is InChI=1S/C19H20N4O3/c1-4-26-17(25)11-15-18(23-10-6-9-16(24)19(23)20-15)22-21-14-8-5-7-12(2)13(14)3/h5-10,24H,4,11H2,1-3H3. The van der Waals surface area contributed by atoms with Gasteiger partial charge >= 0.3 is 5.97 Å². The number of fused-ring (bicyclic) bond motifs is 1. The first-order valence-electron chi connectivity index (χ1n) is 8.33. The minimum absolute atomic E-state index is 0.00537. The number of hydrogen-bond donors (Lipinski definition) is 1. The third kappa shape index (κ3) is 3.42. The second-order valence-electron chi connectivity index (χ2n) is 5.87. The molecule has 1 N–H and O–H groups in total. The van der Waals surface area contributed by atoms with Crippen LogP contribution in [0.1, 0.15) is 23.7 Å². The monoisotopic (exact) mass is 352 g/mol. The summed E-state index contributed by atoms with van der Waals surface area (Å²) in [7, 11) is 0. The smallest absolute Gasteiger partial charge is 0.312 e. The maximum Gasteiger partial charge on any atom is 0.312 e. The zero-order valence-electron chi connectivity index (χ0n) is 14.9. The van der Waals surface area contributed by atoms with Crippen molar-refractivity contribution < 1.29 is 14.6 Å². The van der Waals surface area contributed by atoms with Crippen LogP contribution in [0.25, 0.3) is 5.65 Å². The van der Waals surface area contributed by atoms with E-state index in [0.29, 0.717) is 17.2 Å². The van der Waals surface area contributed by atoms with Crippen molar-refractivity contribution >= 4 is 23.1 Å². The molecule has 0 atom stereocenters. The molecule has 3 aromatic rings. The largest absolute Gasteiger partial charge is 0.504 e. The van der Waals surface area contributed by atoms with Crippen molar-refractivity contribution in [3.05, 3.63) is 53.3 Å². The Hall–Kier alpha value is -3.22. The zero-order valence-corrected chi connectivity index (χ0v) is 14.9. The van der Waals surface area contributed by atoms with E-state index in [9.17, 15) is 9.90 Å². The highest BCUT2D eigenvalue weighted by Crippen LogP contribution is 2.30. The summed E-state index contributed by atoms with van der Waals surface area (Å²) in [6, 6.07) is 9.00. The number of imidazole rings is 1. The summed E-state index contributed by atoms with van der Waals surface area (Å²) < 4.78 is 6.61. The minimum Gasteiger partial charge on any atom is -0.504 e. The fraction of sp³-hybridized carbons (Fsp3) is 0.263. The van der Waals surface area contributed by atoms with Crippen LogP contribution in [-0.4, -0.2) is 27.1 Å². The normalized spacial score (nSPS) is 11.3. The molecule has 0 radical (unpaired) electrons. The van der Waals surface area contributed by atoms with Gasteiger partial charge < -0.3 is 9.84 Å². The SMILES string of the molecule is CCOC(=O)Cc1nc2c(O)cccn2c1N=Nc1cccc(C)c1C. The lowest BCUT2D eigenvalue weighted by Crippen LogP contribution is -2.07. The summed E-state index contributed by atoms with van der Waals surface area (Å²) in [5.41, 5.74) is 3.60. The Labute approximate surface area is 151 Å². The predicted molar refractivity (Wildman–Crippen MR) is 97.3 cm³/mol. The summed E-state index contributed by atoms with van der Waals surface area (Å²) in [5, 5.41) is 18.7. The van der Waals surface area contributed by atoms with Crippen LogP contribution in [0, 0.1) is 13.8 Å². The van der Waals surface area contributed by atoms with Crippen molar-refractivity contribution in [1.29, 1.82) is 0 Å². The summed E-state index contributed by atoms with van der Waals surface area (Å²) >= 11 is 0. The third-order valence-electron chi connectivity index (χ3n) is 4.12. The Morgan fingerprint density at radius 3 is 2.81 bits per heavy atom. The van der Waals surface area contributed by atoms with Gasteiger partial charge in [0, 0.05) is 6.20 Å². The van der Waals surface area contributed by atoms with E-state index < -0.39 is 5.97 Å². The third-order valence-corrected chi connectivity index (χ3v) is 4.12. The van der Waals surface area contributed by atoms with Gasteiger partial charge in [-0.25, -0.2) is 4.98 Å². The molecule has 1 aromatic carbocycles. The van der Waals surface area contributed by atoms with Gasteiger partial charge in [-0.15, -0.1) is 10.2 Å². The molecule has 7 nitrogen and oxygen atoms in total. The number of rotatable bonds is 5. The van der Waals surface area contributed by atoms with Crippen molar-refractivity contribution in [2.75, 3.05) is 6.61 Å². The highest BCUT2D eigenvalue weighted by molar-refractivity contribution is 5.75. The average molecular weight is 352 g/mol. The lowest BCUT2D eigenvalue weighted by molar-refractivity contribution is -0.142. The Bertz CT molecular complexity index is 992. The van der Waals surface area contributed by atoms with Crippen molar-refractivity contribution in [3.63, 3.8) is 0 Å². The van der Waals surface area contributed by atoms with E-state index in [4.69, 9.17) is 4.74 Å². The second kappa shape index (κ2) is 7.35. The molecule has 0 aliphatic heterocycles. The minimum atomic E-state index is -0.404. The molecule has 0 saturated heterocycles. The van der Waals surface area contributed by atoms with Gasteiger partial charge in [0.25, 0.3) is 0 Å². The summed E-state index contributed by atoms with van der Waals surface area (Å²) in [5.74, 6) is -0.00534. The molecule has 0 unspecified atom stereocenters. The quantitative estimate of drug-likeness (QED) is 0.551. The molecule has 0 aliphatic rings. The topological polar surface area (TPSA) is 88.5 Å². The molecule has 0 fully saturated rings. The fourth-order valence-electron chi connectivity index (χ4n) is 2.61. The van der Waals surface area contributed by atoms with Crippen molar-refractivity contribution in [2.45, 2.75) is 27.2 Å². The van der Waals surface area contributed by atoms with E-state index in [1.807, 2.05) is 32.0 Å². The number of aryl methyl sites for hydroxylation is 1. The number of carbonyl (C=O) groups excluding carboxylic acids is 1. The lowest BCUT2D eigenvalue weighted by Gasteiger charge is -2.03. The van der Waals surface area contributed by atoms with Gasteiger partial charge in [0.15, 0.2) is 17.2 Å². The van der Waals surface area contributed by atoms with Gasteiger partial charge in [0.1, 0.15) is 0 Å². The highest BCUT2D eigenvalue weighted by atomic mass is 16.5. The number of aromatic nitrogens is 2. The predicted octanol–water partition coefficient (Wildman–Crippen LogP) is 4.18. The van der Waals surface area contributed by atoms with E-state index in [0.717, 1.165) is 16.8 Å². The molecule has 0 bridgehead atoms. The Morgan fingerprint density at radius 1 is 1.23 bits per heavy atom. The number of nitrogens with zero attached hydrogens (tertiary/aromatic N) is 4. The van der Waals surface area contributed by atoms with Gasteiger partial charge in [-0.2, -0.15) is 0 Å². The lowest BCUT2D eigenvalue weighted by atomic mass is 10.1. The van der Waals surface area contributed by atoms with Crippen LogP contribution >= 0.6 is 0 Å². The van der Waals surface area contributed by atoms with E-state index >= 15 is 0 Å². The molecule has 2 aromatic heterocycles. The number of esters is 1. The first kappa shape index (κ1) is 17.6. The van der Waals surface area contributed by atoms with E-state index in [1.54, 1.807) is 23.6 Å². The molecule has 3 rings (SSSR count). The van der Waals surface area contributed by atoms with E-state index in [1.165, 1.54) is 6.07 Å². The molecule has 0 aliphatic carbocycles. The number of hydrogen-bond acceptors (Lipinski definition) is 6. The Balaban J connectivity index is 2.07. The van der Waals surface area contributed by atoms with Crippen molar-refractivity contribution in [2.24, 2.45) is 10.2 Å². The molecule has 0 amide bonds. The second-order valence-corrected chi connectivity index (χ2v) is 5.87. The first-order valence-corrected chi connectivity index (χ1v) is 8.33. The molecular formula is C19H20N4O3. The van der Waals surface area contributed by atoms with Gasteiger partial charge in [-0.1, -0.05) is 12.1 Å². The average Bonchev–Trinajstić information content (AvgIpc) is 2.95. The first-order chi connectivity index (χ1) is 12.5. The van der Waals surface area contributed by atoms with E-state index in [2.05, 4.69) is 15.2 Å². The Morgan fingerprint density at radius 2 is 2.04 bits per heavy atom. The van der Waals surface area contributed by atoms with Crippen LogP contribution in [0.15, 0.2) is 46.8 Å². The van der Waals surface area contributed by atoms with Crippen LogP contribution in [0.4, 0.5) is 11.5 Å². The maximum absolute atomic E-state index is 11.9. The van der Waals surface area contributed by atoms with Crippen molar-refractivity contribution in [3.8, 4) is 5.75 Å². The van der Waals surface area contributed by atoms with Crippen LogP contribution in [0.3, 0.4) is 0 Å². The van der Waals surface area contributed by atoms with Crippen LogP contribution in [0.5, 0.6) is 5.75 Å². The number of ether oxygens (including phenoxy) is 1. The van der Waals surface area contributed by atoms with E-state index in [-0.39, 0.29) is 18.8 Å². The molecule has 26 heavy (non-hydrogen) atoms. The highest BCUT2D eigenvalue weighted by Gasteiger charge is 2.18. The fourth-order valence-corrected chi connectivity index (χ4v) is 2.61. The number of pyridine rings is 1. The Kier molecular flexibility index (Phi) is 4.97. The summed E-state index contributed by atoms with van der Waals surface area (Å²) in [6.45, 7) is 6.02. The molecule has 7 heteroatoms. The zero-order chi connectivity index (χ0) is 18.7. The van der Waals surface area contributed by atoms with Gasteiger partial charge in [-0.05, 0) is 50.1 Å². The molecule has 0 spiro atoms. The van der Waals surface area contributed by atoms with Gasteiger partial charge in [0.2, 0.25) is 0 Å². The molecule has 134 valence electrons. The van der Waals surface area contributed by atoms with Gasteiger partial charge in [0.05, 0.1) is 24.4 Å². The maximum atomic E-state index is 11.9. The van der Waals surface area contributed by atoms with Crippen LogP contribution in [-0.2, 0) is 16.0 Å².